The molecule has 0 saturated heterocycles. The fourth-order valence-electron chi connectivity index (χ4n) is 3.49. The van der Waals surface area contributed by atoms with Crippen LogP contribution in [0, 0.1) is 5.92 Å². The maximum absolute atomic E-state index is 14.9. The SMILES string of the molecule is CC1C(F)=C(Nc2ncnc3n[nH]c(-c4ccccc4)c23)C=C2C=NNC21. The van der Waals surface area contributed by atoms with E-state index in [0.29, 0.717) is 17.2 Å². The van der Waals surface area contributed by atoms with Crippen LogP contribution in [0.4, 0.5) is 10.2 Å². The van der Waals surface area contributed by atoms with E-state index in [0.717, 1.165) is 22.2 Å². The molecule has 1 aromatic carbocycles. The second-order valence-electron chi connectivity index (χ2n) is 6.57. The van der Waals surface area contributed by atoms with Crippen LogP contribution in [-0.2, 0) is 0 Å². The fourth-order valence-corrected chi connectivity index (χ4v) is 3.49. The summed E-state index contributed by atoms with van der Waals surface area (Å²) < 4.78 is 14.9. The lowest BCUT2D eigenvalue weighted by molar-refractivity contribution is 0.408. The minimum Gasteiger partial charge on any atom is -0.337 e. The second-order valence-corrected chi connectivity index (χ2v) is 6.57. The van der Waals surface area contributed by atoms with Gasteiger partial charge in [-0.25, -0.2) is 14.4 Å². The molecule has 0 saturated carbocycles. The van der Waals surface area contributed by atoms with Crippen molar-refractivity contribution in [2.24, 2.45) is 11.0 Å². The number of anilines is 1. The van der Waals surface area contributed by atoms with E-state index in [9.17, 15) is 4.39 Å². The third-order valence-corrected chi connectivity index (χ3v) is 4.92. The molecule has 0 spiro atoms. The van der Waals surface area contributed by atoms with Gasteiger partial charge in [0.25, 0.3) is 0 Å². The summed E-state index contributed by atoms with van der Waals surface area (Å²) in [4.78, 5) is 8.56. The molecule has 3 heterocycles. The first-order valence-corrected chi connectivity index (χ1v) is 8.64. The zero-order valence-electron chi connectivity index (χ0n) is 14.4. The Bertz CT molecular complexity index is 1110. The van der Waals surface area contributed by atoms with Crippen molar-refractivity contribution < 1.29 is 4.39 Å². The Morgan fingerprint density at radius 1 is 1.15 bits per heavy atom. The predicted molar refractivity (Wildman–Crippen MR) is 102 cm³/mol. The van der Waals surface area contributed by atoms with Crippen LogP contribution < -0.4 is 10.7 Å². The standard InChI is InChI=1S/C19H16FN7/c1-10-15(20)13(7-12-8-23-25-16(10)12)24-18-14-17(11-5-3-2-4-6-11)26-27-19(14)22-9-21-18/h2-10,16,25H,1H3,(H2,21,22,24,26,27). The Morgan fingerprint density at radius 3 is 2.85 bits per heavy atom. The number of benzene rings is 1. The number of aromatic amines is 1. The largest absolute Gasteiger partial charge is 0.337 e. The van der Waals surface area contributed by atoms with Gasteiger partial charge in [-0.3, -0.25) is 5.10 Å². The van der Waals surface area contributed by atoms with Gasteiger partial charge < -0.3 is 10.7 Å². The molecule has 8 heteroatoms. The van der Waals surface area contributed by atoms with Crippen molar-refractivity contribution in [3.8, 4) is 11.3 Å². The summed E-state index contributed by atoms with van der Waals surface area (Å²) in [7, 11) is 0. The molecule has 2 unspecified atom stereocenters. The number of hydrogen-bond acceptors (Lipinski definition) is 6. The van der Waals surface area contributed by atoms with Crippen molar-refractivity contribution in [2.75, 3.05) is 5.32 Å². The number of halogens is 1. The molecule has 1 aliphatic heterocycles. The molecular formula is C19H16FN7. The van der Waals surface area contributed by atoms with Crippen LogP contribution in [0.3, 0.4) is 0 Å². The van der Waals surface area contributed by atoms with E-state index in [1.807, 2.05) is 37.3 Å². The lowest BCUT2D eigenvalue weighted by Gasteiger charge is -2.25. The van der Waals surface area contributed by atoms with Crippen LogP contribution in [-0.4, -0.2) is 32.4 Å². The maximum Gasteiger partial charge on any atom is 0.186 e. The molecular weight excluding hydrogens is 345 g/mol. The first-order chi connectivity index (χ1) is 13.2. The van der Waals surface area contributed by atoms with Crippen molar-refractivity contribution in [1.82, 2.24) is 25.6 Å². The zero-order valence-corrected chi connectivity index (χ0v) is 14.4. The highest BCUT2D eigenvalue weighted by molar-refractivity contribution is 5.99. The molecule has 0 bridgehead atoms. The first kappa shape index (κ1) is 15.7. The summed E-state index contributed by atoms with van der Waals surface area (Å²) in [6.45, 7) is 1.83. The number of aromatic nitrogens is 4. The first-order valence-electron chi connectivity index (χ1n) is 8.64. The van der Waals surface area contributed by atoms with E-state index in [1.54, 1.807) is 12.3 Å². The molecule has 2 aliphatic rings. The fraction of sp³-hybridized carbons (Fsp3) is 0.158. The molecule has 0 amide bonds. The Hall–Kier alpha value is -3.55. The van der Waals surface area contributed by atoms with Crippen LogP contribution in [0.5, 0.6) is 0 Å². The molecule has 3 N–H and O–H groups in total. The van der Waals surface area contributed by atoms with Gasteiger partial charge in [-0.05, 0) is 11.6 Å². The summed E-state index contributed by atoms with van der Waals surface area (Å²) in [5, 5.41) is 15.2. The minimum absolute atomic E-state index is 0.130. The number of rotatable bonds is 3. The van der Waals surface area contributed by atoms with E-state index < -0.39 is 0 Å². The number of hydrogen-bond donors (Lipinski definition) is 3. The van der Waals surface area contributed by atoms with Crippen LogP contribution in [0.2, 0.25) is 0 Å². The third-order valence-electron chi connectivity index (χ3n) is 4.92. The van der Waals surface area contributed by atoms with E-state index >= 15 is 0 Å². The van der Waals surface area contributed by atoms with Crippen molar-refractivity contribution in [1.29, 1.82) is 0 Å². The molecule has 1 aliphatic carbocycles. The van der Waals surface area contributed by atoms with Crippen molar-refractivity contribution in [3.63, 3.8) is 0 Å². The number of H-pyrrole nitrogens is 1. The summed E-state index contributed by atoms with van der Waals surface area (Å²) in [5.74, 6) is -0.0633. The maximum atomic E-state index is 14.9. The quantitative estimate of drug-likeness (QED) is 0.667. The van der Waals surface area contributed by atoms with Gasteiger partial charge in [0.05, 0.1) is 29.0 Å². The third kappa shape index (κ3) is 2.49. The number of hydrazone groups is 1. The zero-order chi connectivity index (χ0) is 18.4. The number of allylic oxidation sites excluding steroid dienone is 1. The molecule has 3 aromatic rings. The van der Waals surface area contributed by atoms with Crippen LogP contribution in [0.15, 0.2) is 64.9 Å². The highest BCUT2D eigenvalue weighted by Gasteiger charge is 2.33. The topological polar surface area (TPSA) is 90.9 Å². The molecule has 7 nitrogen and oxygen atoms in total. The Balaban J connectivity index is 1.61. The average molecular weight is 361 g/mol. The van der Waals surface area contributed by atoms with E-state index in [2.05, 4.69) is 36.0 Å². The predicted octanol–water partition coefficient (Wildman–Crippen LogP) is 3.15. The van der Waals surface area contributed by atoms with Crippen molar-refractivity contribution >= 4 is 23.1 Å². The second kappa shape index (κ2) is 6.01. The Morgan fingerprint density at radius 2 is 2.00 bits per heavy atom. The molecule has 5 rings (SSSR count). The number of nitrogens with one attached hydrogen (secondary N) is 3. The van der Waals surface area contributed by atoms with Gasteiger partial charge in [-0.15, -0.1) is 0 Å². The van der Waals surface area contributed by atoms with Gasteiger partial charge in [0, 0.05) is 11.5 Å². The van der Waals surface area contributed by atoms with Crippen LogP contribution in [0.1, 0.15) is 6.92 Å². The Kier molecular flexibility index (Phi) is 3.49. The smallest absolute Gasteiger partial charge is 0.186 e. The molecule has 134 valence electrons. The van der Waals surface area contributed by atoms with E-state index in [4.69, 9.17) is 0 Å². The normalized spacial score (nSPS) is 21.2. The highest BCUT2D eigenvalue weighted by atomic mass is 19.1. The summed E-state index contributed by atoms with van der Waals surface area (Å²) in [6.07, 6.45) is 4.90. The summed E-state index contributed by atoms with van der Waals surface area (Å²) >= 11 is 0. The van der Waals surface area contributed by atoms with Gasteiger partial charge in [0.2, 0.25) is 0 Å². The number of nitrogens with zero attached hydrogens (tertiary/aromatic N) is 4. The molecule has 0 radical (unpaired) electrons. The molecule has 2 aromatic heterocycles. The molecule has 27 heavy (non-hydrogen) atoms. The van der Waals surface area contributed by atoms with E-state index in [1.165, 1.54) is 6.33 Å². The Labute approximate surface area is 154 Å². The van der Waals surface area contributed by atoms with Gasteiger partial charge in [-0.1, -0.05) is 37.3 Å². The monoisotopic (exact) mass is 361 g/mol. The molecule has 0 fully saturated rings. The highest BCUT2D eigenvalue weighted by Crippen LogP contribution is 2.35. The van der Waals surface area contributed by atoms with Gasteiger partial charge in [0.1, 0.15) is 18.0 Å². The minimum atomic E-state index is -0.328. The summed E-state index contributed by atoms with van der Waals surface area (Å²) in [6, 6.07) is 9.65. The number of fused-ring (bicyclic) bond motifs is 2. The van der Waals surface area contributed by atoms with Gasteiger partial charge in [0.15, 0.2) is 5.65 Å². The van der Waals surface area contributed by atoms with Crippen LogP contribution >= 0.6 is 0 Å². The van der Waals surface area contributed by atoms with E-state index in [-0.39, 0.29) is 17.8 Å². The van der Waals surface area contributed by atoms with Gasteiger partial charge in [-0.2, -0.15) is 10.2 Å². The lowest BCUT2D eigenvalue weighted by atomic mass is 9.89. The van der Waals surface area contributed by atoms with Crippen LogP contribution in [0.25, 0.3) is 22.3 Å². The average Bonchev–Trinajstić information content (AvgIpc) is 3.34. The molecule has 2 atom stereocenters. The summed E-state index contributed by atoms with van der Waals surface area (Å²) in [5.41, 5.74) is 6.51. The van der Waals surface area contributed by atoms with Gasteiger partial charge >= 0.3 is 0 Å². The lowest BCUT2D eigenvalue weighted by Crippen LogP contribution is -2.33. The van der Waals surface area contributed by atoms with Crippen molar-refractivity contribution in [2.45, 2.75) is 13.0 Å². The van der Waals surface area contributed by atoms with Crippen molar-refractivity contribution in [3.05, 3.63) is 59.8 Å².